The Hall–Kier alpha value is -3.36. The van der Waals surface area contributed by atoms with Crippen LogP contribution in [-0.2, 0) is 4.74 Å². The third-order valence-electron chi connectivity index (χ3n) is 5.05. The van der Waals surface area contributed by atoms with Crippen molar-refractivity contribution in [2.24, 2.45) is 0 Å². The molecule has 1 saturated heterocycles. The smallest absolute Gasteiger partial charge is 0.270 e. The van der Waals surface area contributed by atoms with Crippen molar-refractivity contribution in [2.45, 2.75) is 0 Å². The maximum Gasteiger partial charge on any atom is 0.270 e. The minimum atomic E-state index is -0.385. The van der Waals surface area contributed by atoms with Gasteiger partial charge in [-0.3, -0.25) is 10.1 Å². The highest BCUT2D eigenvalue weighted by Crippen LogP contribution is 2.29. The van der Waals surface area contributed by atoms with Crippen LogP contribution in [0.4, 0.5) is 11.5 Å². The number of nitrogens with zero attached hydrogens (tertiary/aromatic N) is 4. The van der Waals surface area contributed by atoms with Gasteiger partial charge in [0, 0.05) is 36.2 Å². The number of pyridine rings is 1. The van der Waals surface area contributed by atoms with Gasteiger partial charge in [-0.15, -0.1) is 11.3 Å². The van der Waals surface area contributed by atoms with E-state index in [4.69, 9.17) is 9.72 Å². The SMILES string of the molecule is O=[N+]([O-])c1ccc2nc(/C=C\c3cc4ccccc4nc3N3CCOCC3)sc2c1. The monoisotopic (exact) mass is 418 g/mol. The van der Waals surface area contributed by atoms with Gasteiger partial charge < -0.3 is 9.64 Å². The number of anilines is 1. The van der Waals surface area contributed by atoms with Gasteiger partial charge >= 0.3 is 0 Å². The Morgan fingerprint density at radius 1 is 1.03 bits per heavy atom. The summed E-state index contributed by atoms with van der Waals surface area (Å²) in [5.41, 5.74) is 2.81. The molecule has 0 spiro atoms. The largest absolute Gasteiger partial charge is 0.378 e. The lowest BCUT2D eigenvalue weighted by Crippen LogP contribution is -2.37. The van der Waals surface area contributed by atoms with E-state index < -0.39 is 0 Å². The number of non-ortho nitro benzene ring substituents is 1. The molecule has 2 aromatic heterocycles. The first-order valence-electron chi connectivity index (χ1n) is 9.63. The van der Waals surface area contributed by atoms with E-state index in [2.05, 4.69) is 22.0 Å². The lowest BCUT2D eigenvalue weighted by molar-refractivity contribution is -0.384. The molecular formula is C22H18N4O3S. The fourth-order valence-electron chi connectivity index (χ4n) is 3.55. The van der Waals surface area contributed by atoms with Crippen molar-refractivity contribution in [3.63, 3.8) is 0 Å². The normalized spacial score (nSPS) is 14.7. The average molecular weight is 418 g/mol. The molecule has 1 aliphatic rings. The number of thiazole rings is 1. The van der Waals surface area contributed by atoms with Crippen LogP contribution >= 0.6 is 11.3 Å². The van der Waals surface area contributed by atoms with Gasteiger partial charge in [-0.25, -0.2) is 9.97 Å². The second-order valence-electron chi connectivity index (χ2n) is 6.99. The van der Waals surface area contributed by atoms with Gasteiger partial charge in [-0.1, -0.05) is 18.2 Å². The average Bonchev–Trinajstić information content (AvgIpc) is 3.20. The van der Waals surface area contributed by atoms with Gasteiger partial charge in [0.05, 0.1) is 33.9 Å². The molecule has 0 atom stereocenters. The first-order valence-corrected chi connectivity index (χ1v) is 10.4. The van der Waals surface area contributed by atoms with E-state index in [0.29, 0.717) is 13.2 Å². The molecule has 7 nitrogen and oxygen atoms in total. The zero-order valence-corrected chi connectivity index (χ0v) is 16.8. The van der Waals surface area contributed by atoms with E-state index in [1.807, 2.05) is 30.4 Å². The van der Waals surface area contributed by atoms with Crippen LogP contribution in [0.1, 0.15) is 10.6 Å². The van der Waals surface area contributed by atoms with Crippen molar-refractivity contribution in [2.75, 3.05) is 31.2 Å². The van der Waals surface area contributed by atoms with Crippen LogP contribution in [0.3, 0.4) is 0 Å². The van der Waals surface area contributed by atoms with Crippen LogP contribution in [0.25, 0.3) is 33.3 Å². The van der Waals surface area contributed by atoms with Gasteiger partial charge in [0.15, 0.2) is 0 Å². The van der Waals surface area contributed by atoms with Gasteiger partial charge in [0.1, 0.15) is 10.8 Å². The molecule has 0 bridgehead atoms. The molecule has 0 saturated carbocycles. The Balaban J connectivity index is 1.54. The number of nitro groups is 1. The van der Waals surface area contributed by atoms with Gasteiger partial charge in [0.25, 0.3) is 5.69 Å². The molecule has 30 heavy (non-hydrogen) atoms. The number of morpholine rings is 1. The van der Waals surface area contributed by atoms with Crippen LogP contribution < -0.4 is 4.90 Å². The number of hydrogen-bond donors (Lipinski definition) is 0. The second-order valence-corrected chi connectivity index (χ2v) is 8.05. The molecule has 1 aliphatic heterocycles. The number of para-hydroxylation sites is 1. The van der Waals surface area contributed by atoms with E-state index >= 15 is 0 Å². The molecule has 0 N–H and O–H groups in total. The minimum Gasteiger partial charge on any atom is -0.378 e. The molecule has 0 radical (unpaired) electrons. The fraction of sp³-hybridized carbons (Fsp3) is 0.182. The van der Waals surface area contributed by atoms with Crippen molar-refractivity contribution in [1.29, 1.82) is 0 Å². The summed E-state index contributed by atoms with van der Waals surface area (Å²) in [7, 11) is 0. The molecular weight excluding hydrogens is 400 g/mol. The third-order valence-corrected chi connectivity index (χ3v) is 6.03. The van der Waals surface area contributed by atoms with Crippen molar-refractivity contribution in [1.82, 2.24) is 9.97 Å². The number of hydrogen-bond acceptors (Lipinski definition) is 7. The predicted molar refractivity (Wildman–Crippen MR) is 120 cm³/mol. The molecule has 8 heteroatoms. The topological polar surface area (TPSA) is 81.4 Å². The van der Waals surface area contributed by atoms with Crippen molar-refractivity contribution in [3.8, 4) is 0 Å². The fourth-order valence-corrected chi connectivity index (χ4v) is 4.45. The van der Waals surface area contributed by atoms with Crippen LogP contribution in [-0.4, -0.2) is 41.2 Å². The Morgan fingerprint density at radius 3 is 2.70 bits per heavy atom. The molecule has 0 aliphatic carbocycles. The van der Waals surface area contributed by atoms with Crippen LogP contribution in [0.2, 0.25) is 0 Å². The number of ether oxygens (including phenoxy) is 1. The summed E-state index contributed by atoms with van der Waals surface area (Å²) in [4.78, 5) is 22.4. The zero-order valence-electron chi connectivity index (χ0n) is 16.0. The highest BCUT2D eigenvalue weighted by molar-refractivity contribution is 7.19. The lowest BCUT2D eigenvalue weighted by Gasteiger charge is -2.29. The summed E-state index contributed by atoms with van der Waals surface area (Å²) in [6.45, 7) is 2.98. The van der Waals surface area contributed by atoms with Crippen molar-refractivity contribution < 1.29 is 9.66 Å². The maximum atomic E-state index is 11.0. The molecule has 1 fully saturated rings. The Morgan fingerprint density at radius 2 is 1.87 bits per heavy atom. The van der Waals surface area contributed by atoms with E-state index in [-0.39, 0.29) is 10.6 Å². The number of nitro benzene ring substituents is 1. The molecule has 5 rings (SSSR count). The van der Waals surface area contributed by atoms with Crippen molar-refractivity contribution >= 4 is 56.1 Å². The number of aromatic nitrogens is 2. The minimum absolute atomic E-state index is 0.0787. The summed E-state index contributed by atoms with van der Waals surface area (Å²) in [5, 5.41) is 12.9. The number of fused-ring (bicyclic) bond motifs is 2. The summed E-state index contributed by atoms with van der Waals surface area (Å²) in [6.07, 6.45) is 3.97. The third kappa shape index (κ3) is 3.62. The highest BCUT2D eigenvalue weighted by Gasteiger charge is 2.16. The first-order chi connectivity index (χ1) is 14.7. The molecule has 3 heterocycles. The second kappa shape index (κ2) is 7.81. The van der Waals surface area contributed by atoms with E-state index in [9.17, 15) is 10.1 Å². The lowest BCUT2D eigenvalue weighted by atomic mass is 10.1. The summed E-state index contributed by atoms with van der Waals surface area (Å²) in [6, 6.07) is 15.0. The number of rotatable bonds is 4. The highest BCUT2D eigenvalue weighted by atomic mass is 32.1. The molecule has 150 valence electrons. The Labute approximate surface area is 176 Å². The van der Waals surface area contributed by atoms with Crippen LogP contribution in [0.15, 0.2) is 48.5 Å². The van der Waals surface area contributed by atoms with E-state index in [0.717, 1.165) is 50.6 Å². The van der Waals surface area contributed by atoms with Gasteiger partial charge in [-0.2, -0.15) is 0 Å². The summed E-state index contributed by atoms with van der Waals surface area (Å²) in [5.74, 6) is 0.935. The maximum absolute atomic E-state index is 11.0. The summed E-state index contributed by atoms with van der Waals surface area (Å²) >= 11 is 1.44. The standard InChI is InChI=1S/C22H18N4O3S/c27-26(28)17-6-7-19-20(14-17)30-21(23-19)8-5-16-13-15-3-1-2-4-18(15)24-22(16)25-9-11-29-12-10-25/h1-8,13-14H,9-12H2/b8-5-. The summed E-state index contributed by atoms with van der Waals surface area (Å²) < 4.78 is 6.29. The molecule has 0 unspecified atom stereocenters. The quantitative estimate of drug-likeness (QED) is 0.351. The Bertz CT molecular complexity index is 1280. The van der Waals surface area contributed by atoms with Crippen LogP contribution in [0, 0.1) is 10.1 Å². The van der Waals surface area contributed by atoms with Gasteiger partial charge in [0.2, 0.25) is 0 Å². The zero-order chi connectivity index (χ0) is 20.5. The van der Waals surface area contributed by atoms with Crippen LogP contribution in [0.5, 0.6) is 0 Å². The van der Waals surface area contributed by atoms with Crippen molar-refractivity contribution in [3.05, 3.63) is 69.2 Å². The molecule has 0 amide bonds. The van der Waals surface area contributed by atoms with Gasteiger partial charge in [-0.05, 0) is 30.4 Å². The Kier molecular flexibility index (Phi) is 4.86. The first kappa shape index (κ1) is 18.7. The number of benzene rings is 2. The molecule has 4 aromatic rings. The van der Waals surface area contributed by atoms with E-state index in [1.54, 1.807) is 12.1 Å². The molecule has 2 aromatic carbocycles. The van der Waals surface area contributed by atoms with E-state index in [1.165, 1.54) is 17.4 Å². The predicted octanol–water partition coefficient (Wildman–Crippen LogP) is 4.76.